The van der Waals surface area contributed by atoms with Crippen molar-refractivity contribution in [3.63, 3.8) is 0 Å². The van der Waals surface area contributed by atoms with Crippen LogP contribution in [0, 0.1) is 24.6 Å². The van der Waals surface area contributed by atoms with Gasteiger partial charge in [0.05, 0.1) is 5.25 Å². The van der Waals surface area contributed by atoms with E-state index in [1.807, 2.05) is 19.1 Å². The molecule has 0 spiro atoms. The molecule has 1 N–H and O–H groups in total. The Kier molecular flexibility index (Phi) is 6.40. The molecule has 33 heavy (non-hydrogen) atoms. The van der Waals surface area contributed by atoms with Crippen LogP contribution >= 0.6 is 0 Å². The maximum absolute atomic E-state index is 13.5. The normalized spacial score (nSPS) is 26.4. The summed E-state index contributed by atoms with van der Waals surface area (Å²) >= 11 is 0. The summed E-state index contributed by atoms with van der Waals surface area (Å²) in [6, 6.07) is 9.11. The maximum atomic E-state index is 13.5. The maximum Gasteiger partial charge on any atom is 0.200 e. The molecule has 0 amide bonds. The highest BCUT2D eigenvalue weighted by Gasteiger charge is 2.41. The number of anilines is 1. The second-order valence-corrected chi connectivity index (χ2v) is 12.3. The van der Waals surface area contributed by atoms with Gasteiger partial charge in [0, 0.05) is 25.7 Å². The van der Waals surface area contributed by atoms with Gasteiger partial charge < -0.3 is 5.32 Å². The molecule has 8 heteroatoms. The number of likely N-dealkylation sites (tertiary alicyclic amines) is 1. The molecule has 3 atom stereocenters. The molecule has 6 nitrogen and oxygen atoms in total. The lowest BCUT2D eigenvalue weighted by Gasteiger charge is -2.21. The predicted octanol–water partition coefficient (Wildman–Crippen LogP) is 4.35. The van der Waals surface area contributed by atoms with Crippen LogP contribution in [-0.4, -0.2) is 47.9 Å². The summed E-state index contributed by atoms with van der Waals surface area (Å²) in [4.78, 5) is 2.48. The first kappa shape index (κ1) is 22.7. The zero-order chi connectivity index (χ0) is 23.0. The number of hydrogen-bond acceptors (Lipinski definition) is 6. The van der Waals surface area contributed by atoms with Gasteiger partial charge in [-0.05, 0) is 73.8 Å². The molecule has 178 valence electrons. The molecule has 1 aliphatic heterocycles. The van der Waals surface area contributed by atoms with E-state index in [1.165, 1.54) is 5.56 Å². The van der Waals surface area contributed by atoms with Gasteiger partial charge in [0.2, 0.25) is 0 Å². The van der Waals surface area contributed by atoms with Crippen molar-refractivity contribution in [2.75, 3.05) is 18.4 Å². The van der Waals surface area contributed by atoms with Gasteiger partial charge in [0.1, 0.15) is 11.6 Å². The molecule has 3 fully saturated rings. The Morgan fingerprint density at radius 2 is 1.76 bits per heavy atom. The fourth-order valence-corrected chi connectivity index (χ4v) is 7.72. The Labute approximate surface area is 195 Å². The van der Waals surface area contributed by atoms with Crippen LogP contribution in [0.4, 0.5) is 10.2 Å². The second-order valence-electron chi connectivity index (χ2n) is 10.2. The number of benzene rings is 1. The van der Waals surface area contributed by atoms with Crippen LogP contribution in [0.15, 0.2) is 35.4 Å². The quantitative estimate of drug-likeness (QED) is 0.674. The van der Waals surface area contributed by atoms with E-state index >= 15 is 0 Å². The van der Waals surface area contributed by atoms with Gasteiger partial charge in [0.15, 0.2) is 14.9 Å². The van der Waals surface area contributed by atoms with E-state index in [1.54, 1.807) is 18.2 Å². The first-order valence-electron chi connectivity index (χ1n) is 12.2. The number of halogens is 1. The van der Waals surface area contributed by atoms with E-state index in [4.69, 9.17) is 0 Å². The molecule has 2 saturated carbocycles. The Balaban J connectivity index is 1.14. The SMILES string of the molecule is Cc1cc(CN2C[C@H]3C[C@H](Nc4ccc(S(=O)(=O)C5CCCCC5)nn4)C[C@H]3C2)ccc1F. The minimum Gasteiger partial charge on any atom is -0.366 e. The van der Waals surface area contributed by atoms with Crippen LogP contribution in [0.2, 0.25) is 0 Å². The number of rotatable bonds is 6. The Hall–Kier alpha value is -2.06. The lowest BCUT2D eigenvalue weighted by Crippen LogP contribution is -2.26. The summed E-state index contributed by atoms with van der Waals surface area (Å²) in [7, 11) is -3.38. The lowest BCUT2D eigenvalue weighted by atomic mass is 10.0. The standard InChI is InChI=1S/C25H33FN4O2S/c1-17-11-18(7-8-23(17)26)14-30-15-19-12-21(13-20(19)16-30)27-24-9-10-25(29-28-24)33(31,32)22-5-3-2-4-6-22/h7-11,19-22H,2-6,12-16H2,1H3,(H,27,28)/t19-,20+,21+. The second kappa shape index (κ2) is 9.29. The van der Waals surface area contributed by atoms with Crippen molar-refractivity contribution in [2.45, 2.75) is 74.7 Å². The van der Waals surface area contributed by atoms with Crippen LogP contribution in [0.25, 0.3) is 0 Å². The minimum absolute atomic E-state index is 0.106. The van der Waals surface area contributed by atoms with E-state index in [0.717, 1.165) is 64.6 Å². The highest BCUT2D eigenvalue weighted by Crippen LogP contribution is 2.39. The summed E-state index contributed by atoms with van der Waals surface area (Å²) < 4.78 is 39.2. The number of sulfone groups is 1. The summed E-state index contributed by atoms with van der Waals surface area (Å²) in [5, 5.41) is 11.6. The largest absolute Gasteiger partial charge is 0.366 e. The van der Waals surface area contributed by atoms with Gasteiger partial charge in [-0.15, -0.1) is 10.2 Å². The van der Waals surface area contributed by atoms with Crippen LogP contribution in [0.1, 0.15) is 56.1 Å². The van der Waals surface area contributed by atoms with Gasteiger partial charge >= 0.3 is 0 Å². The van der Waals surface area contributed by atoms with Crippen LogP contribution in [-0.2, 0) is 16.4 Å². The van der Waals surface area contributed by atoms with Gasteiger partial charge in [-0.3, -0.25) is 4.90 Å². The first-order chi connectivity index (χ1) is 15.9. The number of aryl methyl sites for hydroxylation is 1. The zero-order valence-electron chi connectivity index (χ0n) is 19.2. The molecule has 1 aromatic heterocycles. The van der Waals surface area contributed by atoms with Gasteiger partial charge in [-0.2, -0.15) is 0 Å². The Morgan fingerprint density at radius 1 is 1.03 bits per heavy atom. The Bertz CT molecular complexity index is 1070. The molecule has 2 aromatic rings. The number of nitrogens with one attached hydrogen (secondary N) is 1. The van der Waals surface area contributed by atoms with E-state index in [-0.39, 0.29) is 16.1 Å². The summed E-state index contributed by atoms with van der Waals surface area (Å²) in [5.41, 5.74) is 1.87. The topological polar surface area (TPSA) is 75.2 Å². The summed E-state index contributed by atoms with van der Waals surface area (Å²) in [6.07, 6.45) is 6.68. The molecule has 3 aliphatic rings. The summed E-state index contributed by atoms with van der Waals surface area (Å²) in [5.74, 6) is 1.79. The molecular formula is C25H33FN4O2S. The Morgan fingerprint density at radius 3 is 2.39 bits per heavy atom. The number of fused-ring (bicyclic) bond motifs is 1. The van der Waals surface area contributed by atoms with Crippen molar-refractivity contribution < 1.29 is 12.8 Å². The highest BCUT2D eigenvalue weighted by molar-refractivity contribution is 7.92. The van der Waals surface area contributed by atoms with Crippen molar-refractivity contribution in [1.29, 1.82) is 0 Å². The van der Waals surface area contributed by atoms with Crippen molar-refractivity contribution in [3.8, 4) is 0 Å². The monoisotopic (exact) mass is 472 g/mol. The van der Waals surface area contributed by atoms with Crippen molar-refractivity contribution in [3.05, 3.63) is 47.3 Å². The van der Waals surface area contributed by atoms with Gasteiger partial charge in [0.25, 0.3) is 0 Å². The highest BCUT2D eigenvalue weighted by atomic mass is 32.2. The average Bonchev–Trinajstić information content (AvgIpc) is 3.35. The van der Waals surface area contributed by atoms with Crippen molar-refractivity contribution in [2.24, 2.45) is 11.8 Å². The van der Waals surface area contributed by atoms with Crippen LogP contribution < -0.4 is 5.32 Å². The third kappa shape index (κ3) is 4.92. The van der Waals surface area contributed by atoms with Gasteiger partial charge in [-0.25, -0.2) is 12.8 Å². The molecule has 1 aromatic carbocycles. The van der Waals surface area contributed by atoms with E-state index in [9.17, 15) is 12.8 Å². The van der Waals surface area contributed by atoms with Crippen molar-refractivity contribution >= 4 is 15.7 Å². The lowest BCUT2D eigenvalue weighted by molar-refractivity contribution is 0.301. The fraction of sp³-hybridized carbons (Fsp3) is 0.600. The molecule has 1 saturated heterocycles. The third-order valence-electron chi connectivity index (χ3n) is 7.73. The molecular weight excluding hydrogens is 439 g/mol. The number of nitrogens with zero attached hydrogens (tertiary/aromatic N) is 3. The molecule has 0 radical (unpaired) electrons. The van der Waals surface area contributed by atoms with E-state index in [2.05, 4.69) is 20.4 Å². The van der Waals surface area contributed by atoms with Crippen molar-refractivity contribution in [1.82, 2.24) is 15.1 Å². The van der Waals surface area contributed by atoms with Crippen LogP contribution in [0.5, 0.6) is 0 Å². The van der Waals surface area contributed by atoms with Crippen LogP contribution in [0.3, 0.4) is 0 Å². The van der Waals surface area contributed by atoms with E-state index < -0.39 is 9.84 Å². The fourth-order valence-electron chi connectivity index (χ4n) is 6.01. The number of aromatic nitrogens is 2. The van der Waals surface area contributed by atoms with E-state index in [0.29, 0.717) is 29.3 Å². The minimum atomic E-state index is -3.38. The molecule has 0 bridgehead atoms. The summed E-state index contributed by atoms with van der Waals surface area (Å²) in [6.45, 7) is 4.80. The zero-order valence-corrected chi connectivity index (χ0v) is 20.0. The molecule has 0 unspecified atom stereocenters. The third-order valence-corrected chi connectivity index (χ3v) is 9.88. The smallest absolute Gasteiger partial charge is 0.200 e. The number of hydrogen-bond donors (Lipinski definition) is 1. The molecule has 5 rings (SSSR count). The van der Waals surface area contributed by atoms with Gasteiger partial charge in [-0.1, -0.05) is 31.4 Å². The first-order valence-corrected chi connectivity index (χ1v) is 13.7. The average molecular weight is 473 g/mol. The predicted molar refractivity (Wildman–Crippen MR) is 126 cm³/mol. The molecule has 2 aliphatic carbocycles. The molecule has 2 heterocycles.